The van der Waals surface area contributed by atoms with E-state index in [1.54, 1.807) is 24.3 Å². The summed E-state index contributed by atoms with van der Waals surface area (Å²) in [5, 5.41) is 16.5. The van der Waals surface area contributed by atoms with Crippen LogP contribution in [-0.4, -0.2) is 29.0 Å². The van der Waals surface area contributed by atoms with Gasteiger partial charge in [0.05, 0.1) is 0 Å². The normalized spacial score (nSPS) is 7.00. The summed E-state index contributed by atoms with van der Waals surface area (Å²) in [6, 6.07) is 7.88. The predicted octanol–water partition coefficient (Wildman–Crippen LogP) is 0.878. The van der Waals surface area contributed by atoms with Gasteiger partial charge >= 0.3 is 12.0 Å². The van der Waals surface area contributed by atoms with Crippen LogP contribution in [0.5, 0.6) is 5.75 Å². The summed E-state index contributed by atoms with van der Waals surface area (Å²) >= 11 is 0. The van der Waals surface area contributed by atoms with Crippen LogP contribution in [-0.2, 0) is 9.59 Å². The summed E-state index contributed by atoms with van der Waals surface area (Å²) < 4.78 is 0. The Morgan fingerprint density at radius 3 is 1.47 bits per heavy atom. The fourth-order valence-corrected chi connectivity index (χ4v) is 0.428. The minimum Gasteiger partial charge on any atom is -0.508 e. The van der Waals surface area contributed by atoms with Crippen LogP contribution in [0.25, 0.3) is 0 Å². The number of nitrogens with two attached hydrogens (primary N) is 2. The molecule has 0 heterocycles. The molecule has 1 aromatic carbocycles. The first-order valence-corrected chi connectivity index (χ1v) is 4.74. The Hall–Kier alpha value is -2.83. The van der Waals surface area contributed by atoms with Crippen LogP contribution in [0.15, 0.2) is 42.5 Å². The summed E-state index contributed by atoms with van der Waals surface area (Å²) in [5.41, 5.74) is 8.68. The smallest absolute Gasteiger partial charge is 0.330 e. The van der Waals surface area contributed by atoms with Gasteiger partial charge in [-0.3, -0.25) is 0 Å². The van der Waals surface area contributed by atoms with Crippen LogP contribution in [0.2, 0.25) is 0 Å². The van der Waals surface area contributed by atoms with E-state index in [4.69, 9.17) is 19.8 Å². The minimum absolute atomic E-state index is 0.176. The minimum atomic E-state index is -0.935. The third-order valence-electron chi connectivity index (χ3n) is 1.12. The number of carboxylic acids is 1. The number of phenols is 1. The number of amides is 2. The Bertz CT molecular complexity index is 363. The van der Waals surface area contributed by atoms with E-state index in [-0.39, 0.29) is 5.57 Å². The molecule has 0 saturated carbocycles. The van der Waals surface area contributed by atoms with Gasteiger partial charge in [-0.25, -0.2) is 9.59 Å². The third-order valence-corrected chi connectivity index (χ3v) is 1.12. The highest BCUT2D eigenvalue weighted by Gasteiger charge is 1.90. The number of para-hydroxylation sites is 1. The Morgan fingerprint density at radius 2 is 1.37 bits per heavy atom. The second-order valence-corrected chi connectivity index (χ2v) is 2.82. The molecule has 0 unspecified atom stereocenters. The highest BCUT2D eigenvalue weighted by molar-refractivity contribution is 5.84. The highest BCUT2D eigenvalue weighted by Crippen LogP contribution is 2.02. The Labute approximate surface area is 111 Å². The molecule has 19 heavy (non-hydrogen) atoms. The zero-order valence-corrected chi connectivity index (χ0v) is 10.6. The number of rotatable bonds is 1. The number of carbonyl (C=O) groups excluding carboxylic acids is 2. The zero-order valence-electron chi connectivity index (χ0n) is 10.6. The molecule has 0 saturated heterocycles. The first-order valence-electron chi connectivity index (χ1n) is 4.74. The SMILES string of the molecule is C=C(C)C(=O)O.C=O.NC(N)=O.Oc1ccccc1. The molecule has 0 aliphatic rings. The van der Waals surface area contributed by atoms with E-state index in [0.29, 0.717) is 5.75 Å². The average Bonchev–Trinajstić information content (AvgIpc) is 2.32. The van der Waals surface area contributed by atoms with E-state index in [9.17, 15) is 4.79 Å². The summed E-state index contributed by atoms with van der Waals surface area (Å²) in [4.78, 5) is 26.6. The maximum atomic E-state index is 9.60. The number of carboxylic acid groups (broad SMARTS) is 1. The van der Waals surface area contributed by atoms with Crippen LogP contribution >= 0.6 is 0 Å². The molecular formula is C12H18N2O5. The second-order valence-electron chi connectivity index (χ2n) is 2.82. The lowest BCUT2D eigenvalue weighted by atomic mass is 10.3. The van der Waals surface area contributed by atoms with Crippen LogP contribution in [0.4, 0.5) is 4.79 Å². The third kappa shape index (κ3) is 31.3. The quantitative estimate of drug-likeness (QED) is 0.560. The topological polar surface area (TPSA) is 144 Å². The zero-order chi connectivity index (χ0) is 15.8. The summed E-state index contributed by atoms with van der Waals surface area (Å²) in [5.74, 6) is -0.613. The van der Waals surface area contributed by atoms with E-state index in [2.05, 4.69) is 18.0 Å². The van der Waals surface area contributed by atoms with Crippen molar-refractivity contribution < 1.29 is 24.6 Å². The van der Waals surface area contributed by atoms with Crippen molar-refractivity contribution in [2.75, 3.05) is 0 Å². The molecule has 106 valence electrons. The van der Waals surface area contributed by atoms with Crippen molar-refractivity contribution in [3.05, 3.63) is 42.5 Å². The lowest BCUT2D eigenvalue weighted by Gasteiger charge is -1.82. The van der Waals surface area contributed by atoms with Crippen molar-refractivity contribution in [3.63, 3.8) is 0 Å². The van der Waals surface area contributed by atoms with Gasteiger partial charge in [-0.1, -0.05) is 24.8 Å². The lowest BCUT2D eigenvalue weighted by molar-refractivity contribution is -0.132. The van der Waals surface area contributed by atoms with Crippen LogP contribution in [0.1, 0.15) is 6.92 Å². The highest BCUT2D eigenvalue weighted by atomic mass is 16.4. The first-order chi connectivity index (χ1) is 8.77. The molecule has 0 bridgehead atoms. The molecule has 0 fully saturated rings. The van der Waals surface area contributed by atoms with Gasteiger partial charge in [0.25, 0.3) is 0 Å². The molecule has 0 radical (unpaired) electrons. The van der Waals surface area contributed by atoms with Gasteiger partial charge in [0.15, 0.2) is 0 Å². The fraction of sp³-hybridized carbons (Fsp3) is 0.0833. The number of hydrogen-bond acceptors (Lipinski definition) is 4. The van der Waals surface area contributed by atoms with Gasteiger partial charge in [-0.15, -0.1) is 0 Å². The number of carbonyl (C=O) groups is 3. The number of benzene rings is 1. The van der Waals surface area contributed by atoms with Crippen LogP contribution < -0.4 is 11.5 Å². The van der Waals surface area contributed by atoms with Crippen LogP contribution in [0.3, 0.4) is 0 Å². The molecule has 2 amide bonds. The molecule has 0 atom stereocenters. The predicted molar refractivity (Wildman–Crippen MR) is 71.4 cm³/mol. The van der Waals surface area contributed by atoms with Crippen molar-refractivity contribution in [1.29, 1.82) is 0 Å². The van der Waals surface area contributed by atoms with Gasteiger partial charge in [0.1, 0.15) is 12.5 Å². The van der Waals surface area contributed by atoms with Crippen molar-refractivity contribution in [2.24, 2.45) is 11.5 Å². The van der Waals surface area contributed by atoms with E-state index < -0.39 is 12.0 Å². The Kier molecular flexibility index (Phi) is 17.1. The Morgan fingerprint density at radius 1 is 1.11 bits per heavy atom. The molecule has 1 rings (SSSR count). The Balaban J connectivity index is -0.000000196. The molecule has 0 aromatic heterocycles. The van der Waals surface area contributed by atoms with Gasteiger partial charge in [-0.2, -0.15) is 0 Å². The monoisotopic (exact) mass is 270 g/mol. The van der Waals surface area contributed by atoms with Crippen molar-refractivity contribution in [2.45, 2.75) is 6.92 Å². The van der Waals surface area contributed by atoms with E-state index in [1.165, 1.54) is 6.92 Å². The van der Waals surface area contributed by atoms with Crippen molar-refractivity contribution >= 4 is 18.8 Å². The average molecular weight is 270 g/mol. The summed E-state index contributed by atoms with van der Waals surface area (Å²) in [6.07, 6.45) is 0. The number of phenolic OH excluding ortho intramolecular Hbond substituents is 1. The molecule has 7 nitrogen and oxygen atoms in total. The number of aromatic hydroxyl groups is 1. The van der Waals surface area contributed by atoms with Gasteiger partial charge in [-0.05, 0) is 19.1 Å². The van der Waals surface area contributed by atoms with Crippen molar-refractivity contribution in [3.8, 4) is 5.75 Å². The number of aliphatic carboxylic acids is 1. The molecule has 0 aliphatic carbocycles. The first kappa shape index (κ1) is 21.5. The molecular weight excluding hydrogens is 252 g/mol. The van der Waals surface area contributed by atoms with E-state index >= 15 is 0 Å². The van der Waals surface area contributed by atoms with E-state index in [0.717, 1.165) is 0 Å². The number of urea groups is 1. The standard InChI is InChI=1S/C6H6O.C4H6O2.CH4N2O.CH2O/c7-6-4-2-1-3-5-6;1-3(2)4(5)6;2-1(3)4;1-2/h1-5,7H;1H2,2H3,(H,5,6);(H4,2,3,4);1H2. The second kappa shape index (κ2) is 15.2. The van der Waals surface area contributed by atoms with Gasteiger partial charge < -0.3 is 26.5 Å². The summed E-state index contributed by atoms with van der Waals surface area (Å²) in [6.45, 7) is 6.60. The fourth-order valence-electron chi connectivity index (χ4n) is 0.428. The molecule has 7 heteroatoms. The van der Waals surface area contributed by atoms with Crippen molar-refractivity contribution in [1.82, 2.24) is 0 Å². The van der Waals surface area contributed by atoms with E-state index in [1.807, 2.05) is 12.9 Å². The molecule has 0 spiro atoms. The maximum absolute atomic E-state index is 9.60. The summed E-state index contributed by atoms with van der Waals surface area (Å²) in [7, 11) is 0. The molecule has 6 N–H and O–H groups in total. The maximum Gasteiger partial charge on any atom is 0.330 e. The van der Waals surface area contributed by atoms with Gasteiger partial charge in [0.2, 0.25) is 0 Å². The van der Waals surface area contributed by atoms with Crippen LogP contribution in [0, 0.1) is 0 Å². The van der Waals surface area contributed by atoms with Gasteiger partial charge in [0, 0.05) is 5.57 Å². The molecule has 1 aromatic rings. The molecule has 0 aliphatic heterocycles. The lowest BCUT2D eigenvalue weighted by Crippen LogP contribution is -2.18. The largest absolute Gasteiger partial charge is 0.508 e. The number of primary amides is 2. The number of hydrogen-bond donors (Lipinski definition) is 4.